The Morgan fingerprint density at radius 1 is 0.944 bits per heavy atom. The van der Waals surface area contributed by atoms with Crippen LogP contribution in [-0.2, 0) is 0 Å². The number of phenolic OH excluding ortho intramolecular Hbond substituents is 3. The maximum absolute atomic E-state index is 10.6. The van der Waals surface area contributed by atoms with Gasteiger partial charge in [0.1, 0.15) is 5.75 Å². The van der Waals surface area contributed by atoms with Crippen molar-refractivity contribution in [3.8, 4) is 28.4 Å². The molecule has 0 aromatic heterocycles. The molecule has 6 heteroatoms. The minimum atomic E-state index is -0.555. The topological polar surface area (TPSA) is 104 Å². The van der Waals surface area contributed by atoms with Gasteiger partial charge in [0.25, 0.3) is 5.69 Å². The van der Waals surface area contributed by atoms with Crippen molar-refractivity contribution < 1.29 is 20.2 Å². The summed E-state index contributed by atoms with van der Waals surface area (Å²) in [5.41, 5.74) is 0.450. The standard InChI is InChI=1S/C12H9NO5/c14-10-6-12(16)11(15)5-9(10)7-2-1-3-8(4-7)13(17)18/h1-6,14-16H. The third-order valence-corrected chi connectivity index (χ3v) is 2.46. The van der Waals surface area contributed by atoms with Crippen molar-refractivity contribution in [3.63, 3.8) is 0 Å². The Balaban J connectivity index is 2.58. The van der Waals surface area contributed by atoms with Gasteiger partial charge >= 0.3 is 0 Å². The predicted octanol–water partition coefficient (Wildman–Crippen LogP) is 2.38. The molecule has 0 atom stereocenters. The Bertz CT molecular complexity index is 624. The zero-order valence-corrected chi connectivity index (χ0v) is 9.07. The van der Waals surface area contributed by atoms with Gasteiger partial charge in [-0.15, -0.1) is 0 Å². The number of phenols is 3. The van der Waals surface area contributed by atoms with Crippen molar-refractivity contribution in [2.75, 3.05) is 0 Å². The van der Waals surface area contributed by atoms with Crippen LogP contribution in [-0.4, -0.2) is 20.2 Å². The summed E-state index contributed by atoms with van der Waals surface area (Å²) in [5.74, 6) is -1.14. The Morgan fingerprint density at radius 3 is 2.28 bits per heavy atom. The molecular weight excluding hydrogens is 238 g/mol. The van der Waals surface area contributed by atoms with Crippen LogP contribution in [0.2, 0.25) is 0 Å². The Kier molecular flexibility index (Phi) is 2.77. The lowest BCUT2D eigenvalue weighted by molar-refractivity contribution is -0.384. The molecule has 92 valence electrons. The molecule has 0 spiro atoms. The second kappa shape index (κ2) is 4.25. The Labute approximate surface area is 102 Å². The lowest BCUT2D eigenvalue weighted by Gasteiger charge is -2.06. The fourth-order valence-electron chi connectivity index (χ4n) is 1.58. The molecule has 0 saturated heterocycles. The van der Waals surface area contributed by atoms with E-state index in [1.165, 1.54) is 18.2 Å². The number of benzene rings is 2. The molecule has 0 aliphatic rings. The van der Waals surface area contributed by atoms with Crippen LogP contribution in [0.1, 0.15) is 0 Å². The van der Waals surface area contributed by atoms with Gasteiger partial charge in [0, 0.05) is 23.8 Å². The number of nitro groups is 1. The second-order valence-corrected chi connectivity index (χ2v) is 3.67. The number of aromatic hydroxyl groups is 3. The molecule has 0 fully saturated rings. The molecule has 0 saturated carbocycles. The quantitative estimate of drug-likeness (QED) is 0.327. The van der Waals surface area contributed by atoms with Gasteiger partial charge in [-0.05, 0) is 11.6 Å². The molecule has 2 aromatic carbocycles. The summed E-state index contributed by atoms with van der Waals surface area (Å²) in [4.78, 5) is 10.1. The first-order valence-electron chi connectivity index (χ1n) is 4.99. The van der Waals surface area contributed by atoms with Crippen molar-refractivity contribution in [2.45, 2.75) is 0 Å². The first-order chi connectivity index (χ1) is 8.49. The van der Waals surface area contributed by atoms with Gasteiger partial charge in [0.2, 0.25) is 0 Å². The lowest BCUT2D eigenvalue weighted by Crippen LogP contribution is -1.88. The highest BCUT2D eigenvalue weighted by Gasteiger charge is 2.12. The van der Waals surface area contributed by atoms with E-state index in [9.17, 15) is 25.4 Å². The summed E-state index contributed by atoms with van der Waals surface area (Å²) in [7, 11) is 0. The van der Waals surface area contributed by atoms with Gasteiger partial charge in [0.05, 0.1) is 4.92 Å². The molecule has 0 heterocycles. The van der Waals surface area contributed by atoms with Crippen LogP contribution >= 0.6 is 0 Å². The molecule has 2 rings (SSSR count). The molecule has 0 radical (unpaired) electrons. The smallest absolute Gasteiger partial charge is 0.270 e. The van der Waals surface area contributed by atoms with Gasteiger partial charge in [-0.3, -0.25) is 10.1 Å². The number of non-ortho nitro benzene ring substituents is 1. The minimum absolute atomic E-state index is 0.125. The number of hydrogen-bond donors (Lipinski definition) is 3. The zero-order valence-electron chi connectivity index (χ0n) is 9.07. The van der Waals surface area contributed by atoms with Crippen molar-refractivity contribution in [2.24, 2.45) is 0 Å². The summed E-state index contributed by atoms with van der Waals surface area (Å²) in [6, 6.07) is 7.73. The van der Waals surface area contributed by atoms with E-state index in [0.29, 0.717) is 5.56 Å². The van der Waals surface area contributed by atoms with Gasteiger partial charge in [0.15, 0.2) is 11.5 Å². The van der Waals surface area contributed by atoms with Gasteiger partial charge in [-0.25, -0.2) is 0 Å². The fourth-order valence-corrected chi connectivity index (χ4v) is 1.58. The van der Waals surface area contributed by atoms with E-state index in [4.69, 9.17) is 0 Å². The van der Waals surface area contributed by atoms with Crippen LogP contribution in [0.15, 0.2) is 36.4 Å². The fraction of sp³-hybridized carbons (Fsp3) is 0. The number of rotatable bonds is 2. The predicted molar refractivity (Wildman–Crippen MR) is 63.5 cm³/mol. The van der Waals surface area contributed by atoms with Crippen molar-refractivity contribution in [1.82, 2.24) is 0 Å². The third-order valence-electron chi connectivity index (χ3n) is 2.46. The second-order valence-electron chi connectivity index (χ2n) is 3.67. The Hall–Kier alpha value is -2.76. The largest absolute Gasteiger partial charge is 0.507 e. The number of nitro benzene ring substituents is 1. The molecule has 0 bridgehead atoms. The van der Waals surface area contributed by atoms with Crippen LogP contribution in [0, 0.1) is 10.1 Å². The average molecular weight is 247 g/mol. The van der Waals surface area contributed by atoms with E-state index in [0.717, 1.165) is 12.1 Å². The van der Waals surface area contributed by atoms with Crippen LogP contribution in [0.4, 0.5) is 5.69 Å². The minimum Gasteiger partial charge on any atom is -0.507 e. The Morgan fingerprint density at radius 2 is 1.61 bits per heavy atom. The van der Waals surface area contributed by atoms with Crippen LogP contribution in [0.25, 0.3) is 11.1 Å². The highest BCUT2D eigenvalue weighted by atomic mass is 16.6. The van der Waals surface area contributed by atoms with E-state index < -0.39 is 16.4 Å². The van der Waals surface area contributed by atoms with E-state index in [-0.39, 0.29) is 17.0 Å². The average Bonchev–Trinajstić information content (AvgIpc) is 2.34. The number of hydrogen-bond acceptors (Lipinski definition) is 5. The molecule has 18 heavy (non-hydrogen) atoms. The van der Waals surface area contributed by atoms with E-state index in [2.05, 4.69) is 0 Å². The maximum atomic E-state index is 10.6. The van der Waals surface area contributed by atoms with Crippen molar-refractivity contribution in [1.29, 1.82) is 0 Å². The molecule has 2 aromatic rings. The molecule has 6 nitrogen and oxygen atoms in total. The number of nitrogens with zero attached hydrogens (tertiary/aromatic N) is 1. The van der Waals surface area contributed by atoms with Crippen molar-refractivity contribution in [3.05, 3.63) is 46.5 Å². The van der Waals surface area contributed by atoms with E-state index in [1.54, 1.807) is 6.07 Å². The molecule has 0 aliphatic heterocycles. The molecule has 3 N–H and O–H groups in total. The monoisotopic (exact) mass is 247 g/mol. The highest BCUT2D eigenvalue weighted by molar-refractivity contribution is 5.74. The lowest BCUT2D eigenvalue weighted by atomic mass is 10.0. The van der Waals surface area contributed by atoms with Gasteiger partial charge in [-0.2, -0.15) is 0 Å². The molecule has 0 aliphatic carbocycles. The van der Waals surface area contributed by atoms with E-state index in [1.807, 2.05) is 0 Å². The maximum Gasteiger partial charge on any atom is 0.270 e. The summed E-state index contributed by atoms with van der Waals surface area (Å²) in [6.07, 6.45) is 0. The van der Waals surface area contributed by atoms with E-state index >= 15 is 0 Å². The highest BCUT2D eigenvalue weighted by Crippen LogP contribution is 2.38. The van der Waals surface area contributed by atoms with Crippen LogP contribution in [0.5, 0.6) is 17.2 Å². The first kappa shape index (κ1) is 11.7. The zero-order chi connectivity index (χ0) is 13.3. The van der Waals surface area contributed by atoms with Gasteiger partial charge < -0.3 is 15.3 Å². The third kappa shape index (κ3) is 2.03. The summed E-state index contributed by atoms with van der Waals surface area (Å²) >= 11 is 0. The van der Waals surface area contributed by atoms with Crippen molar-refractivity contribution >= 4 is 5.69 Å². The van der Waals surface area contributed by atoms with Crippen LogP contribution < -0.4 is 0 Å². The summed E-state index contributed by atoms with van der Waals surface area (Å²) < 4.78 is 0. The molecular formula is C12H9NO5. The van der Waals surface area contributed by atoms with Crippen LogP contribution in [0.3, 0.4) is 0 Å². The first-order valence-corrected chi connectivity index (χ1v) is 4.99. The molecule has 0 amide bonds. The molecule has 0 unspecified atom stereocenters. The normalized spacial score (nSPS) is 10.2. The van der Waals surface area contributed by atoms with Gasteiger partial charge in [-0.1, -0.05) is 12.1 Å². The summed E-state index contributed by atoms with van der Waals surface area (Å²) in [5, 5.41) is 38.9. The SMILES string of the molecule is O=[N+]([O-])c1cccc(-c2cc(O)c(O)cc2O)c1. The summed E-state index contributed by atoms with van der Waals surface area (Å²) in [6.45, 7) is 0.